The maximum atomic E-state index is 13.1. The molecular weight excluding hydrogens is 400 g/mol. The Balaban J connectivity index is 1.48. The second-order valence-corrected chi connectivity index (χ2v) is 8.97. The monoisotopic (exact) mass is 430 g/mol. The second-order valence-electron chi connectivity index (χ2n) is 8.97. The van der Waals surface area contributed by atoms with E-state index in [2.05, 4.69) is 11.2 Å². The summed E-state index contributed by atoms with van der Waals surface area (Å²) in [7, 11) is 0. The van der Waals surface area contributed by atoms with Gasteiger partial charge in [-0.1, -0.05) is 37.5 Å². The number of carbonyl (C=O) groups excluding carboxylic acids is 2. The van der Waals surface area contributed by atoms with E-state index in [1.165, 1.54) is 25.7 Å². The third-order valence-electron chi connectivity index (χ3n) is 6.94. The Morgan fingerprint density at radius 2 is 1.72 bits per heavy atom. The van der Waals surface area contributed by atoms with Gasteiger partial charge in [-0.25, -0.2) is 4.52 Å². The van der Waals surface area contributed by atoms with Crippen LogP contribution in [-0.2, 0) is 4.79 Å². The largest absolute Gasteiger partial charge is 0.339 e. The number of anilines is 1. The van der Waals surface area contributed by atoms with Crippen molar-refractivity contribution in [1.82, 2.24) is 14.5 Å². The molecule has 3 aromatic rings. The Labute approximate surface area is 188 Å². The van der Waals surface area contributed by atoms with E-state index in [1.807, 2.05) is 50.7 Å². The lowest BCUT2D eigenvalue weighted by molar-refractivity contribution is -0.108. The number of hydrogen-bond donors (Lipinski definition) is 0. The lowest BCUT2D eigenvalue weighted by Gasteiger charge is -2.31. The van der Waals surface area contributed by atoms with Gasteiger partial charge in [-0.3, -0.25) is 9.59 Å². The zero-order chi connectivity index (χ0) is 21.9. The standard InChI is InChI=1S/C26H30N4O2/c31-19-29(21-10-3-1-4-11-21)22-12-7-9-20(17-22)24-13-8-14-25-23(18-27-30(24)25)26(32)28-15-5-2-6-16-28/h7-9,12-14,17-19,21H,1-6,10-11,15-16H2. The van der Waals surface area contributed by atoms with Crippen molar-refractivity contribution in [2.24, 2.45) is 0 Å². The molecule has 2 aliphatic rings. The lowest BCUT2D eigenvalue weighted by atomic mass is 9.94. The minimum Gasteiger partial charge on any atom is -0.339 e. The van der Waals surface area contributed by atoms with Crippen LogP contribution in [0.2, 0.25) is 0 Å². The van der Waals surface area contributed by atoms with Crippen LogP contribution in [-0.4, -0.2) is 46.0 Å². The van der Waals surface area contributed by atoms with Crippen molar-refractivity contribution in [1.29, 1.82) is 0 Å². The van der Waals surface area contributed by atoms with Crippen LogP contribution in [0.15, 0.2) is 48.7 Å². The fourth-order valence-electron chi connectivity index (χ4n) is 5.20. The van der Waals surface area contributed by atoms with Crippen LogP contribution in [0.1, 0.15) is 61.7 Å². The first-order valence-electron chi connectivity index (χ1n) is 11.9. The van der Waals surface area contributed by atoms with Gasteiger partial charge in [0.25, 0.3) is 5.91 Å². The molecule has 2 amide bonds. The predicted molar refractivity (Wildman–Crippen MR) is 126 cm³/mol. The summed E-state index contributed by atoms with van der Waals surface area (Å²) in [5.41, 5.74) is 4.29. The molecule has 0 spiro atoms. The first-order valence-corrected chi connectivity index (χ1v) is 11.9. The molecule has 32 heavy (non-hydrogen) atoms. The van der Waals surface area contributed by atoms with E-state index in [-0.39, 0.29) is 11.9 Å². The number of rotatable bonds is 5. The topological polar surface area (TPSA) is 57.9 Å². The van der Waals surface area contributed by atoms with Gasteiger partial charge in [0.15, 0.2) is 0 Å². The van der Waals surface area contributed by atoms with E-state index in [4.69, 9.17) is 0 Å². The highest BCUT2D eigenvalue weighted by Crippen LogP contribution is 2.30. The normalized spacial score (nSPS) is 17.4. The molecule has 166 valence electrons. The zero-order valence-electron chi connectivity index (χ0n) is 18.4. The van der Waals surface area contributed by atoms with Crippen LogP contribution in [0.25, 0.3) is 16.8 Å². The molecule has 0 N–H and O–H groups in total. The highest BCUT2D eigenvalue weighted by Gasteiger charge is 2.23. The summed E-state index contributed by atoms with van der Waals surface area (Å²) in [6.07, 6.45) is 11.7. The predicted octanol–water partition coefficient (Wildman–Crippen LogP) is 4.92. The lowest BCUT2D eigenvalue weighted by Crippen LogP contribution is -2.35. The molecule has 3 heterocycles. The second kappa shape index (κ2) is 9.15. The van der Waals surface area contributed by atoms with E-state index in [1.54, 1.807) is 6.20 Å². The highest BCUT2D eigenvalue weighted by atomic mass is 16.2. The average Bonchev–Trinajstić information content (AvgIpc) is 3.30. The van der Waals surface area contributed by atoms with Crippen molar-refractivity contribution in [3.63, 3.8) is 0 Å². The third kappa shape index (κ3) is 3.90. The molecule has 1 aliphatic heterocycles. The number of benzene rings is 1. The van der Waals surface area contributed by atoms with E-state index in [9.17, 15) is 9.59 Å². The molecule has 1 aromatic carbocycles. The Morgan fingerprint density at radius 3 is 2.50 bits per heavy atom. The quantitative estimate of drug-likeness (QED) is 0.540. The smallest absolute Gasteiger partial charge is 0.257 e. The molecule has 5 rings (SSSR count). The molecule has 0 atom stereocenters. The third-order valence-corrected chi connectivity index (χ3v) is 6.94. The maximum absolute atomic E-state index is 13.1. The first-order chi connectivity index (χ1) is 15.8. The summed E-state index contributed by atoms with van der Waals surface area (Å²) >= 11 is 0. The number of likely N-dealkylation sites (tertiary alicyclic amines) is 1. The number of fused-ring (bicyclic) bond motifs is 1. The van der Waals surface area contributed by atoms with Crippen LogP contribution in [0.3, 0.4) is 0 Å². The zero-order valence-corrected chi connectivity index (χ0v) is 18.4. The molecule has 6 nitrogen and oxygen atoms in total. The Morgan fingerprint density at radius 1 is 0.969 bits per heavy atom. The van der Waals surface area contributed by atoms with Gasteiger partial charge < -0.3 is 9.80 Å². The maximum Gasteiger partial charge on any atom is 0.257 e. The van der Waals surface area contributed by atoms with Crippen molar-refractivity contribution in [2.75, 3.05) is 18.0 Å². The summed E-state index contributed by atoms with van der Waals surface area (Å²) in [5.74, 6) is 0.0648. The molecule has 0 unspecified atom stereocenters. The van der Waals surface area contributed by atoms with Crippen LogP contribution in [0.4, 0.5) is 5.69 Å². The molecule has 0 radical (unpaired) electrons. The molecule has 6 heteroatoms. The molecular formula is C26H30N4O2. The van der Waals surface area contributed by atoms with Crippen LogP contribution in [0.5, 0.6) is 0 Å². The van der Waals surface area contributed by atoms with Crippen LogP contribution >= 0.6 is 0 Å². The van der Waals surface area contributed by atoms with E-state index < -0.39 is 0 Å². The molecule has 1 saturated carbocycles. The Kier molecular flexibility index (Phi) is 5.93. The minimum absolute atomic E-state index is 0.0648. The fourth-order valence-corrected chi connectivity index (χ4v) is 5.20. The number of pyridine rings is 1. The number of aromatic nitrogens is 2. The number of hydrogen-bond acceptors (Lipinski definition) is 3. The number of nitrogens with zero attached hydrogens (tertiary/aromatic N) is 4. The average molecular weight is 431 g/mol. The SMILES string of the molecule is O=CN(c1cccc(-c2cccc3c(C(=O)N4CCCCC4)cnn23)c1)C1CCCCC1. The van der Waals surface area contributed by atoms with E-state index in [0.29, 0.717) is 5.56 Å². The van der Waals surface area contributed by atoms with Crippen molar-refractivity contribution < 1.29 is 9.59 Å². The van der Waals surface area contributed by atoms with Crippen molar-refractivity contribution in [3.05, 3.63) is 54.2 Å². The van der Waals surface area contributed by atoms with Gasteiger partial charge in [0.05, 0.1) is 23.0 Å². The minimum atomic E-state index is 0.0648. The van der Waals surface area contributed by atoms with Crippen molar-refractivity contribution >= 4 is 23.5 Å². The van der Waals surface area contributed by atoms with Gasteiger partial charge >= 0.3 is 0 Å². The fraction of sp³-hybridized carbons (Fsp3) is 0.423. The van der Waals surface area contributed by atoms with Gasteiger partial charge in [-0.15, -0.1) is 0 Å². The molecule has 2 fully saturated rings. The summed E-state index contributed by atoms with van der Waals surface area (Å²) in [6, 6.07) is 14.3. The molecule has 1 saturated heterocycles. The van der Waals surface area contributed by atoms with E-state index >= 15 is 0 Å². The molecule has 1 aliphatic carbocycles. The summed E-state index contributed by atoms with van der Waals surface area (Å²) in [4.78, 5) is 28.9. The van der Waals surface area contributed by atoms with Crippen molar-refractivity contribution in [3.8, 4) is 11.3 Å². The first kappa shape index (κ1) is 20.7. The van der Waals surface area contributed by atoms with Crippen molar-refractivity contribution in [2.45, 2.75) is 57.4 Å². The summed E-state index contributed by atoms with van der Waals surface area (Å²) in [5, 5.41) is 4.58. The number of piperidine rings is 1. The van der Waals surface area contributed by atoms with Crippen LogP contribution in [0, 0.1) is 0 Å². The molecule has 0 bridgehead atoms. The number of amides is 2. The Hall–Kier alpha value is -3.15. The summed E-state index contributed by atoms with van der Waals surface area (Å²) < 4.78 is 1.85. The van der Waals surface area contributed by atoms with Gasteiger partial charge in [0.2, 0.25) is 6.41 Å². The number of carbonyl (C=O) groups is 2. The van der Waals surface area contributed by atoms with Gasteiger partial charge in [-0.2, -0.15) is 5.10 Å². The summed E-state index contributed by atoms with van der Waals surface area (Å²) in [6.45, 7) is 1.64. The van der Waals surface area contributed by atoms with E-state index in [0.717, 1.165) is 67.6 Å². The van der Waals surface area contributed by atoms with Gasteiger partial charge in [0, 0.05) is 30.4 Å². The van der Waals surface area contributed by atoms with Gasteiger partial charge in [0.1, 0.15) is 0 Å². The highest BCUT2D eigenvalue weighted by molar-refractivity contribution is 6.01. The Bertz CT molecular complexity index is 1110. The van der Waals surface area contributed by atoms with Gasteiger partial charge in [-0.05, 0) is 56.4 Å². The molecule has 2 aromatic heterocycles. The van der Waals surface area contributed by atoms with Crippen LogP contribution < -0.4 is 4.90 Å².